The van der Waals surface area contributed by atoms with E-state index in [0.29, 0.717) is 0 Å². The number of nitrogens with one attached hydrogen (secondary N) is 1. The van der Waals surface area contributed by atoms with Crippen LogP contribution in [0, 0.1) is 12.7 Å². The summed E-state index contributed by atoms with van der Waals surface area (Å²) in [6.07, 6.45) is 1.02. The second kappa shape index (κ2) is 6.51. The highest BCUT2D eigenvalue weighted by Crippen LogP contribution is 2.34. The molecule has 2 rings (SSSR count). The number of benzene rings is 1. The van der Waals surface area contributed by atoms with Gasteiger partial charge in [0.15, 0.2) is 0 Å². The van der Waals surface area contributed by atoms with E-state index < -0.39 is 0 Å². The lowest BCUT2D eigenvalue weighted by atomic mass is 9.99. The third kappa shape index (κ3) is 3.35. The van der Waals surface area contributed by atoms with Crippen LogP contribution in [0.2, 0.25) is 5.02 Å². The van der Waals surface area contributed by atoms with Gasteiger partial charge >= 0.3 is 0 Å². The molecule has 2 aromatic rings. The van der Waals surface area contributed by atoms with Gasteiger partial charge in [0.2, 0.25) is 0 Å². The summed E-state index contributed by atoms with van der Waals surface area (Å²) in [6, 6.07) is 6.75. The van der Waals surface area contributed by atoms with E-state index in [1.807, 2.05) is 24.4 Å². The lowest BCUT2D eigenvalue weighted by molar-refractivity contribution is 0.588. The van der Waals surface area contributed by atoms with Crippen molar-refractivity contribution in [2.24, 2.45) is 0 Å². The van der Waals surface area contributed by atoms with Crippen LogP contribution in [-0.4, -0.2) is 6.54 Å². The van der Waals surface area contributed by atoms with Crippen molar-refractivity contribution in [3.8, 4) is 0 Å². The SMILES string of the molecule is CCCNC(c1cc(F)ccc1C)c1sccc1Cl. The van der Waals surface area contributed by atoms with Crippen molar-refractivity contribution in [3.63, 3.8) is 0 Å². The molecule has 1 unspecified atom stereocenters. The van der Waals surface area contributed by atoms with Crippen LogP contribution in [0.5, 0.6) is 0 Å². The van der Waals surface area contributed by atoms with Crippen molar-refractivity contribution >= 4 is 22.9 Å². The van der Waals surface area contributed by atoms with Crippen LogP contribution < -0.4 is 5.32 Å². The third-order valence-corrected chi connectivity index (χ3v) is 4.48. The third-order valence-electron chi connectivity index (χ3n) is 3.06. The van der Waals surface area contributed by atoms with Gasteiger partial charge in [0, 0.05) is 4.88 Å². The molecule has 1 nitrogen and oxygen atoms in total. The van der Waals surface area contributed by atoms with Gasteiger partial charge in [0.05, 0.1) is 11.1 Å². The molecule has 0 saturated carbocycles. The molecule has 0 aliphatic rings. The summed E-state index contributed by atoms with van der Waals surface area (Å²) in [5.41, 5.74) is 2.03. The Morgan fingerprint density at radius 2 is 2.16 bits per heavy atom. The quantitative estimate of drug-likeness (QED) is 0.824. The van der Waals surface area contributed by atoms with Gasteiger partial charge in [-0.05, 0) is 54.6 Å². The van der Waals surface area contributed by atoms with Crippen LogP contribution in [0.4, 0.5) is 4.39 Å². The molecule has 0 bridgehead atoms. The topological polar surface area (TPSA) is 12.0 Å². The number of thiophene rings is 1. The highest BCUT2D eigenvalue weighted by Gasteiger charge is 2.19. The average molecular weight is 298 g/mol. The molecule has 0 fully saturated rings. The summed E-state index contributed by atoms with van der Waals surface area (Å²) in [5, 5.41) is 6.16. The Hall–Kier alpha value is -0.900. The summed E-state index contributed by atoms with van der Waals surface area (Å²) in [5.74, 6) is -0.212. The fourth-order valence-electron chi connectivity index (χ4n) is 2.07. The minimum Gasteiger partial charge on any atom is -0.306 e. The van der Waals surface area contributed by atoms with Crippen LogP contribution >= 0.6 is 22.9 Å². The van der Waals surface area contributed by atoms with Gasteiger partial charge in [-0.1, -0.05) is 24.6 Å². The Morgan fingerprint density at radius 1 is 1.37 bits per heavy atom. The maximum absolute atomic E-state index is 13.5. The molecule has 1 atom stereocenters. The minimum absolute atomic E-state index is 0.0388. The first kappa shape index (κ1) is 14.5. The molecule has 1 heterocycles. The van der Waals surface area contributed by atoms with Gasteiger partial charge in [0.1, 0.15) is 5.82 Å². The second-order valence-corrected chi connectivity index (χ2v) is 5.88. The number of rotatable bonds is 5. The lowest BCUT2D eigenvalue weighted by Gasteiger charge is -2.20. The van der Waals surface area contributed by atoms with E-state index >= 15 is 0 Å². The summed E-state index contributed by atoms with van der Waals surface area (Å²) in [6.45, 7) is 4.98. The maximum atomic E-state index is 13.5. The fourth-order valence-corrected chi connectivity index (χ4v) is 3.32. The normalized spacial score (nSPS) is 12.6. The summed E-state index contributed by atoms with van der Waals surface area (Å²) >= 11 is 7.83. The lowest BCUT2D eigenvalue weighted by Crippen LogP contribution is -2.23. The predicted molar refractivity (Wildman–Crippen MR) is 80.6 cm³/mol. The molecule has 0 radical (unpaired) electrons. The van der Waals surface area contributed by atoms with E-state index in [1.54, 1.807) is 17.4 Å². The van der Waals surface area contributed by atoms with Gasteiger partial charge in [-0.15, -0.1) is 11.3 Å². The van der Waals surface area contributed by atoms with Crippen LogP contribution in [0.15, 0.2) is 29.6 Å². The molecule has 0 aliphatic carbocycles. The molecule has 0 saturated heterocycles. The van der Waals surface area contributed by atoms with E-state index in [9.17, 15) is 4.39 Å². The summed E-state index contributed by atoms with van der Waals surface area (Å²) < 4.78 is 13.5. The first-order valence-corrected chi connectivity index (χ1v) is 7.61. The number of hydrogen-bond acceptors (Lipinski definition) is 2. The van der Waals surface area contributed by atoms with Gasteiger partial charge in [0.25, 0.3) is 0 Å². The molecule has 4 heteroatoms. The smallest absolute Gasteiger partial charge is 0.123 e. The van der Waals surface area contributed by atoms with Gasteiger partial charge in [-0.3, -0.25) is 0 Å². The predicted octanol–water partition coefficient (Wildman–Crippen LogP) is 4.94. The molecule has 19 heavy (non-hydrogen) atoms. The zero-order valence-corrected chi connectivity index (χ0v) is 12.6. The molecule has 1 N–H and O–H groups in total. The van der Waals surface area contributed by atoms with Crippen LogP contribution in [0.3, 0.4) is 0 Å². The van der Waals surface area contributed by atoms with Gasteiger partial charge in [-0.2, -0.15) is 0 Å². The zero-order chi connectivity index (χ0) is 13.8. The van der Waals surface area contributed by atoms with E-state index in [4.69, 9.17) is 11.6 Å². The molecule has 0 aliphatic heterocycles. The molecule has 1 aromatic heterocycles. The van der Waals surface area contributed by atoms with E-state index in [1.165, 1.54) is 6.07 Å². The molecule has 1 aromatic carbocycles. The maximum Gasteiger partial charge on any atom is 0.123 e. The average Bonchev–Trinajstić information content (AvgIpc) is 2.80. The largest absolute Gasteiger partial charge is 0.306 e. The van der Waals surface area contributed by atoms with Crippen molar-refractivity contribution in [3.05, 3.63) is 56.5 Å². The molecule has 0 spiro atoms. The highest BCUT2D eigenvalue weighted by molar-refractivity contribution is 7.10. The Balaban J connectivity index is 2.42. The van der Waals surface area contributed by atoms with Gasteiger partial charge < -0.3 is 5.32 Å². The van der Waals surface area contributed by atoms with Crippen molar-refractivity contribution in [1.82, 2.24) is 5.32 Å². The molecule has 0 amide bonds. The number of halogens is 2. The molecule has 102 valence electrons. The van der Waals surface area contributed by atoms with Crippen molar-refractivity contribution in [1.29, 1.82) is 0 Å². The standard InChI is InChI=1S/C15H17ClFNS/c1-3-7-18-14(15-13(16)6-8-19-15)12-9-11(17)5-4-10(12)2/h4-6,8-9,14,18H,3,7H2,1-2H3. The monoisotopic (exact) mass is 297 g/mol. The van der Waals surface area contributed by atoms with E-state index in [2.05, 4.69) is 12.2 Å². The van der Waals surface area contributed by atoms with Gasteiger partial charge in [-0.25, -0.2) is 4.39 Å². The van der Waals surface area contributed by atoms with Crippen molar-refractivity contribution < 1.29 is 4.39 Å². The van der Waals surface area contributed by atoms with E-state index in [0.717, 1.165) is 34.0 Å². The summed E-state index contributed by atoms with van der Waals surface area (Å²) in [7, 11) is 0. The zero-order valence-electron chi connectivity index (χ0n) is 11.0. The number of aryl methyl sites for hydroxylation is 1. The molecular formula is C15H17ClFNS. The molecular weight excluding hydrogens is 281 g/mol. The first-order chi connectivity index (χ1) is 9.13. The highest BCUT2D eigenvalue weighted by atomic mass is 35.5. The Bertz CT molecular complexity index is 553. The van der Waals surface area contributed by atoms with Crippen LogP contribution in [0.1, 0.15) is 35.4 Å². The van der Waals surface area contributed by atoms with Crippen LogP contribution in [0.25, 0.3) is 0 Å². The first-order valence-electron chi connectivity index (χ1n) is 6.35. The van der Waals surface area contributed by atoms with Crippen LogP contribution in [-0.2, 0) is 0 Å². The Morgan fingerprint density at radius 3 is 2.79 bits per heavy atom. The number of hydrogen-bond donors (Lipinski definition) is 1. The summed E-state index contributed by atoms with van der Waals surface area (Å²) in [4.78, 5) is 1.05. The Kier molecular flexibility index (Phi) is 4.97. The van der Waals surface area contributed by atoms with Crippen molar-refractivity contribution in [2.45, 2.75) is 26.3 Å². The fraction of sp³-hybridized carbons (Fsp3) is 0.333. The minimum atomic E-state index is -0.212. The van der Waals surface area contributed by atoms with Crippen molar-refractivity contribution in [2.75, 3.05) is 6.54 Å². The second-order valence-electron chi connectivity index (χ2n) is 4.52. The van der Waals surface area contributed by atoms with E-state index in [-0.39, 0.29) is 11.9 Å². The Labute approximate surface area is 122 Å².